The summed E-state index contributed by atoms with van der Waals surface area (Å²) in [7, 11) is 0. The van der Waals surface area contributed by atoms with Crippen molar-refractivity contribution >= 4 is 5.91 Å². The van der Waals surface area contributed by atoms with E-state index in [1.807, 2.05) is 11.5 Å². The van der Waals surface area contributed by atoms with Crippen LogP contribution in [0.5, 0.6) is 0 Å². The molecule has 1 aliphatic carbocycles. The van der Waals surface area contributed by atoms with Crippen molar-refractivity contribution < 1.29 is 4.79 Å². The molecule has 0 saturated heterocycles. The molecule has 1 aromatic heterocycles. The Balaban J connectivity index is 1.98. The van der Waals surface area contributed by atoms with E-state index in [9.17, 15) is 4.79 Å². The summed E-state index contributed by atoms with van der Waals surface area (Å²) in [6.45, 7) is 3.69. The first-order valence-electron chi connectivity index (χ1n) is 7.57. The molecule has 0 spiro atoms. The Morgan fingerprint density at radius 2 is 2.10 bits per heavy atom. The van der Waals surface area contributed by atoms with Gasteiger partial charge in [-0.2, -0.15) is 0 Å². The molecule has 2 rings (SSSR count). The van der Waals surface area contributed by atoms with E-state index in [1.165, 1.54) is 12.8 Å². The Kier molecular flexibility index (Phi) is 5.11. The van der Waals surface area contributed by atoms with Crippen LogP contribution in [0.2, 0.25) is 0 Å². The molecule has 0 aliphatic heterocycles. The lowest BCUT2D eigenvalue weighted by Crippen LogP contribution is -2.45. The maximum absolute atomic E-state index is 12.6. The first-order valence-corrected chi connectivity index (χ1v) is 7.57. The average molecular weight is 279 g/mol. The monoisotopic (exact) mass is 279 g/mol. The summed E-state index contributed by atoms with van der Waals surface area (Å²) < 4.78 is 1.93. The Morgan fingerprint density at radius 3 is 2.70 bits per heavy atom. The number of aromatic nitrogens is 3. The fourth-order valence-electron chi connectivity index (χ4n) is 2.96. The van der Waals surface area contributed by atoms with Crippen LogP contribution in [0, 0.1) is 5.41 Å². The van der Waals surface area contributed by atoms with Gasteiger partial charge < -0.3 is 15.6 Å². The van der Waals surface area contributed by atoms with E-state index in [-0.39, 0.29) is 11.3 Å². The van der Waals surface area contributed by atoms with Crippen molar-refractivity contribution in [2.75, 3.05) is 6.54 Å². The number of nitrogens with two attached hydrogens (primary N) is 1. The number of nitrogens with zero attached hydrogens (tertiary/aromatic N) is 3. The van der Waals surface area contributed by atoms with Crippen LogP contribution < -0.4 is 11.1 Å². The molecule has 1 amide bonds. The first-order chi connectivity index (χ1) is 9.72. The molecule has 112 valence electrons. The highest BCUT2D eigenvalue weighted by molar-refractivity contribution is 5.82. The lowest BCUT2D eigenvalue weighted by molar-refractivity contribution is -0.131. The standard InChI is InChI=1S/C14H25N5O/c1-2-19-11-17-18-12(19)9-16-13(20)14(10-15)7-5-3-4-6-8-14/h11H,2-10,15H2,1H3,(H,16,20). The average Bonchev–Trinajstić information content (AvgIpc) is 2.79. The zero-order chi connectivity index (χ0) is 14.4. The van der Waals surface area contributed by atoms with Crippen LogP contribution in [0.15, 0.2) is 6.33 Å². The molecule has 6 heteroatoms. The zero-order valence-electron chi connectivity index (χ0n) is 12.3. The van der Waals surface area contributed by atoms with Crippen LogP contribution >= 0.6 is 0 Å². The predicted molar refractivity (Wildman–Crippen MR) is 76.7 cm³/mol. The lowest BCUT2D eigenvalue weighted by atomic mass is 9.79. The molecule has 1 heterocycles. The maximum atomic E-state index is 12.6. The number of carbonyl (C=O) groups excluding carboxylic acids is 1. The van der Waals surface area contributed by atoms with E-state index < -0.39 is 0 Å². The third-order valence-electron chi connectivity index (χ3n) is 4.38. The van der Waals surface area contributed by atoms with Gasteiger partial charge >= 0.3 is 0 Å². The minimum absolute atomic E-state index is 0.0764. The summed E-state index contributed by atoms with van der Waals surface area (Å²) in [5.41, 5.74) is 5.54. The highest BCUT2D eigenvalue weighted by Crippen LogP contribution is 2.34. The molecule has 1 aliphatic rings. The number of aryl methyl sites for hydroxylation is 1. The van der Waals surface area contributed by atoms with Gasteiger partial charge in [-0.3, -0.25) is 4.79 Å². The molecule has 20 heavy (non-hydrogen) atoms. The highest BCUT2D eigenvalue weighted by atomic mass is 16.2. The normalized spacial score (nSPS) is 18.5. The minimum atomic E-state index is -0.381. The second kappa shape index (κ2) is 6.83. The van der Waals surface area contributed by atoms with Crippen LogP contribution in [-0.4, -0.2) is 27.2 Å². The van der Waals surface area contributed by atoms with Gasteiger partial charge in [-0.25, -0.2) is 0 Å². The van der Waals surface area contributed by atoms with E-state index in [0.29, 0.717) is 13.1 Å². The van der Waals surface area contributed by atoms with Gasteiger partial charge in [-0.05, 0) is 19.8 Å². The molecule has 0 unspecified atom stereocenters. The van der Waals surface area contributed by atoms with Gasteiger partial charge in [0.2, 0.25) is 5.91 Å². The van der Waals surface area contributed by atoms with Gasteiger partial charge in [0.25, 0.3) is 0 Å². The fraction of sp³-hybridized carbons (Fsp3) is 0.786. The topological polar surface area (TPSA) is 85.8 Å². The summed E-state index contributed by atoms with van der Waals surface area (Å²) in [5, 5.41) is 10.9. The zero-order valence-corrected chi connectivity index (χ0v) is 12.3. The SMILES string of the molecule is CCn1cnnc1CNC(=O)C1(CN)CCCCCC1. The van der Waals surface area contributed by atoms with Crippen LogP contribution in [0.1, 0.15) is 51.3 Å². The molecule has 6 nitrogen and oxygen atoms in total. The largest absolute Gasteiger partial charge is 0.348 e. The van der Waals surface area contributed by atoms with Crippen molar-refractivity contribution in [1.82, 2.24) is 20.1 Å². The van der Waals surface area contributed by atoms with Crippen LogP contribution in [-0.2, 0) is 17.9 Å². The quantitative estimate of drug-likeness (QED) is 0.793. The van der Waals surface area contributed by atoms with Crippen LogP contribution in [0.3, 0.4) is 0 Å². The third kappa shape index (κ3) is 3.17. The Hall–Kier alpha value is -1.43. The van der Waals surface area contributed by atoms with Gasteiger partial charge in [-0.1, -0.05) is 25.7 Å². The first kappa shape index (κ1) is 15.0. The van der Waals surface area contributed by atoms with E-state index in [1.54, 1.807) is 6.33 Å². The van der Waals surface area contributed by atoms with E-state index in [0.717, 1.165) is 38.1 Å². The molecular formula is C14H25N5O. The summed E-state index contributed by atoms with van der Waals surface area (Å²) >= 11 is 0. The molecular weight excluding hydrogens is 254 g/mol. The van der Waals surface area contributed by atoms with E-state index in [4.69, 9.17) is 5.73 Å². The van der Waals surface area contributed by atoms with E-state index >= 15 is 0 Å². The van der Waals surface area contributed by atoms with Crippen molar-refractivity contribution in [2.24, 2.45) is 11.1 Å². The van der Waals surface area contributed by atoms with Crippen LogP contribution in [0.4, 0.5) is 0 Å². The number of carbonyl (C=O) groups is 1. The number of rotatable bonds is 5. The lowest BCUT2D eigenvalue weighted by Gasteiger charge is -2.29. The van der Waals surface area contributed by atoms with Crippen molar-refractivity contribution in [2.45, 2.75) is 58.5 Å². The molecule has 3 N–H and O–H groups in total. The third-order valence-corrected chi connectivity index (χ3v) is 4.38. The summed E-state index contributed by atoms with van der Waals surface area (Å²) in [6, 6.07) is 0. The second-order valence-electron chi connectivity index (χ2n) is 5.61. The van der Waals surface area contributed by atoms with E-state index in [2.05, 4.69) is 15.5 Å². The van der Waals surface area contributed by atoms with Crippen LogP contribution in [0.25, 0.3) is 0 Å². The number of hydrogen-bond donors (Lipinski definition) is 2. The van der Waals surface area contributed by atoms with Gasteiger partial charge in [0.1, 0.15) is 6.33 Å². The van der Waals surface area contributed by atoms with Gasteiger partial charge in [0.15, 0.2) is 5.82 Å². The van der Waals surface area contributed by atoms with Crippen molar-refractivity contribution in [3.63, 3.8) is 0 Å². The fourth-order valence-corrected chi connectivity index (χ4v) is 2.96. The second-order valence-corrected chi connectivity index (χ2v) is 5.61. The number of hydrogen-bond acceptors (Lipinski definition) is 4. The Morgan fingerprint density at radius 1 is 1.40 bits per heavy atom. The number of nitrogens with one attached hydrogen (secondary N) is 1. The van der Waals surface area contributed by atoms with Crippen molar-refractivity contribution in [1.29, 1.82) is 0 Å². The smallest absolute Gasteiger partial charge is 0.227 e. The summed E-state index contributed by atoms with van der Waals surface area (Å²) in [6.07, 6.45) is 8.08. The minimum Gasteiger partial charge on any atom is -0.348 e. The molecule has 0 aromatic carbocycles. The molecule has 0 bridgehead atoms. The Labute approximate surface area is 120 Å². The van der Waals surface area contributed by atoms with Crippen molar-refractivity contribution in [3.05, 3.63) is 12.2 Å². The summed E-state index contributed by atoms with van der Waals surface area (Å²) in [5.74, 6) is 0.870. The molecule has 0 atom stereocenters. The number of amides is 1. The maximum Gasteiger partial charge on any atom is 0.227 e. The molecule has 0 radical (unpaired) electrons. The molecule has 1 fully saturated rings. The molecule has 1 aromatic rings. The Bertz CT molecular complexity index is 435. The van der Waals surface area contributed by atoms with Crippen molar-refractivity contribution in [3.8, 4) is 0 Å². The summed E-state index contributed by atoms with van der Waals surface area (Å²) in [4.78, 5) is 12.6. The molecule has 1 saturated carbocycles. The van der Waals surface area contributed by atoms with Gasteiger partial charge in [0.05, 0.1) is 12.0 Å². The predicted octanol–water partition coefficient (Wildman–Crippen LogP) is 1.21. The van der Waals surface area contributed by atoms with Gasteiger partial charge in [0, 0.05) is 13.1 Å². The van der Waals surface area contributed by atoms with Gasteiger partial charge in [-0.15, -0.1) is 10.2 Å². The highest BCUT2D eigenvalue weighted by Gasteiger charge is 2.37.